The first-order valence-electron chi connectivity index (χ1n) is 7.95. The van der Waals surface area contributed by atoms with Crippen LogP contribution in [0.1, 0.15) is 12.5 Å². The number of benzene rings is 2. The molecule has 2 aromatic rings. The van der Waals surface area contributed by atoms with Crippen LogP contribution in [0.2, 0.25) is 5.02 Å². The maximum absolute atomic E-state index is 12.3. The van der Waals surface area contributed by atoms with Gasteiger partial charge in [0.25, 0.3) is 0 Å². The number of carbonyl (C=O) groups excluding carboxylic acids is 1. The number of carbonyl (C=O) groups is 1. The zero-order chi connectivity index (χ0) is 19.2. The molecule has 0 aliphatic rings. The molecule has 8 heteroatoms. The SMILES string of the molecule is COc1ccc(S(=O)(=O)NCCN(Cc2ccc(Cl)cc2)C(C)=O)cc1. The minimum absolute atomic E-state index is 0.113. The van der Waals surface area contributed by atoms with Gasteiger partial charge in [-0.3, -0.25) is 4.79 Å². The van der Waals surface area contributed by atoms with Crippen LogP contribution >= 0.6 is 11.6 Å². The van der Waals surface area contributed by atoms with E-state index < -0.39 is 10.0 Å². The normalized spacial score (nSPS) is 11.2. The summed E-state index contributed by atoms with van der Waals surface area (Å²) in [6, 6.07) is 13.3. The monoisotopic (exact) mass is 396 g/mol. The van der Waals surface area contributed by atoms with E-state index in [1.807, 2.05) is 12.1 Å². The van der Waals surface area contributed by atoms with Gasteiger partial charge in [0.15, 0.2) is 0 Å². The summed E-state index contributed by atoms with van der Waals surface area (Å²) >= 11 is 5.86. The summed E-state index contributed by atoms with van der Waals surface area (Å²) in [5.41, 5.74) is 0.919. The number of amides is 1. The average Bonchev–Trinajstić information content (AvgIpc) is 2.62. The Kier molecular flexibility index (Phi) is 7.02. The molecule has 1 N–H and O–H groups in total. The van der Waals surface area contributed by atoms with E-state index in [2.05, 4.69) is 4.72 Å². The second-order valence-electron chi connectivity index (χ2n) is 5.64. The minimum Gasteiger partial charge on any atom is -0.497 e. The van der Waals surface area contributed by atoms with E-state index in [0.717, 1.165) is 5.56 Å². The number of rotatable bonds is 8. The van der Waals surface area contributed by atoms with Gasteiger partial charge in [0, 0.05) is 31.6 Å². The molecule has 0 saturated carbocycles. The summed E-state index contributed by atoms with van der Waals surface area (Å²) < 4.78 is 32.1. The van der Waals surface area contributed by atoms with Crippen molar-refractivity contribution >= 4 is 27.5 Å². The van der Waals surface area contributed by atoms with E-state index in [4.69, 9.17) is 16.3 Å². The molecule has 26 heavy (non-hydrogen) atoms. The largest absolute Gasteiger partial charge is 0.497 e. The van der Waals surface area contributed by atoms with Crippen LogP contribution in [0.25, 0.3) is 0 Å². The van der Waals surface area contributed by atoms with E-state index in [9.17, 15) is 13.2 Å². The number of methoxy groups -OCH3 is 1. The van der Waals surface area contributed by atoms with Crippen molar-refractivity contribution in [3.63, 3.8) is 0 Å². The molecule has 2 aromatic carbocycles. The first-order valence-corrected chi connectivity index (χ1v) is 9.81. The summed E-state index contributed by atoms with van der Waals surface area (Å²) in [4.78, 5) is 13.5. The van der Waals surface area contributed by atoms with Crippen LogP contribution in [-0.4, -0.2) is 39.4 Å². The van der Waals surface area contributed by atoms with E-state index in [1.54, 1.807) is 29.2 Å². The zero-order valence-corrected chi connectivity index (χ0v) is 16.2. The lowest BCUT2D eigenvalue weighted by atomic mass is 10.2. The Labute approximate surface area is 158 Å². The highest BCUT2D eigenvalue weighted by molar-refractivity contribution is 7.89. The number of hydrogen-bond donors (Lipinski definition) is 1. The predicted octanol–water partition coefficient (Wildman–Crippen LogP) is 2.68. The Morgan fingerprint density at radius 2 is 1.73 bits per heavy atom. The van der Waals surface area contributed by atoms with Crippen molar-refractivity contribution in [1.29, 1.82) is 0 Å². The minimum atomic E-state index is -3.65. The molecule has 0 saturated heterocycles. The molecule has 0 aliphatic carbocycles. The highest BCUT2D eigenvalue weighted by atomic mass is 35.5. The van der Waals surface area contributed by atoms with Crippen LogP contribution in [0.4, 0.5) is 0 Å². The van der Waals surface area contributed by atoms with Crippen LogP contribution in [-0.2, 0) is 21.4 Å². The Morgan fingerprint density at radius 3 is 2.27 bits per heavy atom. The van der Waals surface area contributed by atoms with Crippen molar-refractivity contribution in [2.45, 2.75) is 18.4 Å². The van der Waals surface area contributed by atoms with Crippen LogP contribution in [0.5, 0.6) is 5.75 Å². The second kappa shape index (κ2) is 9.02. The fraction of sp³-hybridized carbons (Fsp3) is 0.278. The van der Waals surface area contributed by atoms with Gasteiger partial charge in [-0.05, 0) is 42.0 Å². The van der Waals surface area contributed by atoms with Crippen LogP contribution in [0.15, 0.2) is 53.4 Å². The van der Waals surface area contributed by atoms with Gasteiger partial charge < -0.3 is 9.64 Å². The Morgan fingerprint density at radius 1 is 1.12 bits per heavy atom. The number of ether oxygens (including phenoxy) is 1. The number of nitrogens with one attached hydrogen (secondary N) is 1. The van der Waals surface area contributed by atoms with E-state index >= 15 is 0 Å². The number of nitrogens with zero attached hydrogens (tertiary/aromatic N) is 1. The van der Waals surface area contributed by atoms with Gasteiger partial charge in [0.1, 0.15) is 5.75 Å². The number of hydrogen-bond acceptors (Lipinski definition) is 4. The summed E-state index contributed by atoms with van der Waals surface area (Å²) in [6.45, 7) is 2.21. The molecule has 0 atom stereocenters. The van der Waals surface area contributed by atoms with Crippen molar-refractivity contribution in [2.75, 3.05) is 20.2 Å². The fourth-order valence-corrected chi connectivity index (χ4v) is 3.46. The van der Waals surface area contributed by atoms with Gasteiger partial charge >= 0.3 is 0 Å². The summed E-state index contributed by atoms with van der Waals surface area (Å²) in [7, 11) is -2.13. The summed E-state index contributed by atoms with van der Waals surface area (Å²) in [5.74, 6) is 0.443. The highest BCUT2D eigenvalue weighted by Gasteiger charge is 2.15. The van der Waals surface area contributed by atoms with Crippen LogP contribution < -0.4 is 9.46 Å². The summed E-state index contributed by atoms with van der Waals surface area (Å²) in [6.07, 6.45) is 0. The molecule has 140 valence electrons. The molecule has 6 nitrogen and oxygen atoms in total. The standard InChI is InChI=1S/C18H21ClN2O4S/c1-14(22)21(13-15-3-5-16(19)6-4-15)12-11-20-26(23,24)18-9-7-17(25-2)8-10-18/h3-10,20H,11-13H2,1-2H3. The molecule has 1 amide bonds. The topological polar surface area (TPSA) is 75.7 Å². The van der Waals surface area contributed by atoms with Gasteiger partial charge in [-0.25, -0.2) is 13.1 Å². The third-order valence-electron chi connectivity index (χ3n) is 3.78. The molecule has 0 aromatic heterocycles. The van der Waals surface area contributed by atoms with Crippen LogP contribution in [0.3, 0.4) is 0 Å². The Bertz CT molecular complexity index is 836. The molecule has 0 aliphatic heterocycles. The molecule has 0 unspecified atom stereocenters. The smallest absolute Gasteiger partial charge is 0.240 e. The first-order chi connectivity index (χ1) is 12.3. The lowest BCUT2D eigenvalue weighted by Crippen LogP contribution is -2.37. The second-order valence-corrected chi connectivity index (χ2v) is 7.84. The number of sulfonamides is 1. The lowest BCUT2D eigenvalue weighted by molar-refractivity contribution is -0.129. The molecule has 2 rings (SSSR count). The van der Waals surface area contributed by atoms with E-state index in [1.165, 1.54) is 26.2 Å². The molecule has 0 heterocycles. The molecule has 0 radical (unpaired) electrons. The highest BCUT2D eigenvalue weighted by Crippen LogP contribution is 2.15. The third-order valence-corrected chi connectivity index (χ3v) is 5.50. The molecule has 0 spiro atoms. The zero-order valence-electron chi connectivity index (χ0n) is 14.6. The van der Waals surface area contributed by atoms with Gasteiger partial charge in [-0.15, -0.1) is 0 Å². The van der Waals surface area contributed by atoms with Gasteiger partial charge in [0.2, 0.25) is 15.9 Å². The quantitative estimate of drug-likeness (QED) is 0.744. The van der Waals surface area contributed by atoms with Crippen molar-refractivity contribution in [3.05, 3.63) is 59.1 Å². The molecular weight excluding hydrogens is 376 g/mol. The third kappa shape index (κ3) is 5.72. The molecular formula is C18H21ClN2O4S. The van der Waals surface area contributed by atoms with Crippen molar-refractivity contribution in [1.82, 2.24) is 9.62 Å². The fourth-order valence-electron chi connectivity index (χ4n) is 2.31. The summed E-state index contributed by atoms with van der Waals surface area (Å²) in [5, 5.41) is 0.621. The lowest BCUT2D eigenvalue weighted by Gasteiger charge is -2.21. The van der Waals surface area contributed by atoms with Crippen molar-refractivity contribution in [3.8, 4) is 5.75 Å². The van der Waals surface area contributed by atoms with E-state index in [-0.39, 0.29) is 23.9 Å². The Hall–Kier alpha value is -2.09. The maximum atomic E-state index is 12.3. The molecule has 0 fully saturated rings. The van der Waals surface area contributed by atoms with Crippen molar-refractivity contribution < 1.29 is 17.9 Å². The van der Waals surface area contributed by atoms with Gasteiger partial charge in [-0.2, -0.15) is 0 Å². The van der Waals surface area contributed by atoms with Gasteiger partial charge in [0.05, 0.1) is 12.0 Å². The van der Waals surface area contributed by atoms with E-state index in [0.29, 0.717) is 17.3 Å². The number of halogens is 1. The van der Waals surface area contributed by atoms with Crippen LogP contribution in [0, 0.1) is 0 Å². The predicted molar refractivity (Wildman–Crippen MR) is 101 cm³/mol. The first kappa shape index (κ1) is 20.2. The Balaban J connectivity index is 1.95. The average molecular weight is 397 g/mol. The van der Waals surface area contributed by atoms with Gasteiger partial charge in [-0.1, -0.05) is 23.7 Å². The van der Waals surface area contributed by atoms with Crippen molar-refractivity contribution in [2.24, 2.45) is 0 Å². The molecule has 0 bridgehead atoms. The maximum Gasteiger partial charge on any atom is 0.240 e.